The summed E-state index contributed by atoms with van der Waals surface area (Å²) in [5, 5.41) is 6.69. The van der Waals surface area contributed by atoms with Crippen molar-refractivity contribution in [1.82, 2.24) is 14.7 Å². The molecule has 0 aliphatic carbocycles. The molecule has 1 saturated heterocycles. The fraction of sp³-hybridized carbons (Fsp3) is 0.278. The third-order valence-electron chi connectivity index (χ3n) is 4.90. The van der Waals surface area contributed by atoms with Crippen LogP contribution in [0.1, 0.15) is 11.3 Å². The van der Waals surface area contributed by atoms with E-state index in [0.717, 1.165) is 53.4 Å². The zero-order valence-corrected chi connectivity index (χ0v) is 13.3. The van der Waals surface area contributed by atoms with Crippen LogP contribution in [-0.4, -0.2) is 34.4 Å². The van der Waals surface area contributed by atoms with Crippen molar-refractivity contribution in [2.24, 2.45) is 0 Å². The number of fused-ring (bicyclic) bond motifs is 5. The fourth-order valence-electron chi connectivity index (χ4n) is 3.93. The summed E-state index contributed by atoms with van der Waals surface area (Å²) in [6.45, 7) is 3.48. The van der Waals surface area contributed by atoms with E-state index in [0.29, 0.717) is 0 Å². The quantitative estimate of drug-likeness (QED) is 0.688. The van der Waals surface area contributed by atoms with Gasteiger partial charge < -0.3 is 4.74 Å². The SMILES string of the molecule is Clc1ccc(C23OCCN2CCn2nc4ccccc4c23)cc1. The molecular weight excluding hydrogens is 310 g/mol. The molecule has 116 valence electrons. The molecule has 4 nitrogen and oxygen atoms in total. The van der Waals surface area contributed by atoms with Crippen LogP contribution in [0.5, 0.6) is 0 Å². The van der Waals surface area contributed by atoms with Crippen molar-refractivity contribution in [2.45, 2.75) is 12.3 Å². The minimum absolute atomic E-state index is 0.557. The third-order valence-corrected chi connectivity index (χ3v) is 5.15. The van der Waals surface area contributed by atoms with Gasteiger partial charge >= 0.3 is 0 Å². The first kappa shape index (κ1) is 13.5. The molecule has 1 unspecified atom stereocenters. The molecule has 0 bridgehead atoms. The van der Waals surface area contributed by atoms with E-state index in [-0.39, 0.29) is 0 Å². The molecule has 0 radical (unpaired) electrons. The van der Waals surface area contributed by atoms with Gasteiger partial charge in [0.05, 0.1) is 24.4 Å². The molecule has 0 spiro atoms. The highest BCUT2D eigenvalue weighted by Crippen LogP contribution is 2.45. The van der Waals surface area contributed by atoms with E-state index in [1.165, 1.54) is 0 Å². The average molecular weight is 326 g/mol. The van der Waals surface area contributed by atoms with E-state index >= 15 is 0 Å². The van der Waals surface area contributed by atoms with Crippen LogP contribution in [0.2, 0.25) is 5.02 Å². The summed E-state index contributed by atoms with van der Waals surface area (Å²) >= 11 is 6.09. The molecular formula is C18H16ClN3O. The number of hydrogen-bond donors (Lipinski definition) is 0. The molecule has 2 aliphatic rings. The topological polar surface area (TPSA) is 30.3 Å². The monoisotopic (exact) mass is 325 g/mol. The van der Waals surface area contributed by atoms with E-state index in [2.05, 4.69) is 39.9 Å². The van der Waals surface area contributed by atoms with Crippen molar-refractivity contribution in [3.63, 3.8) is 0 Å². The van der Waals surface area contributed by atoms with Crippen LogP contribution in [-0.2, 0) is 17.0 Å². The Morgan fingerprint density at radius 2 is 1.83 bits per heavy atom. The maximum atomic E-state index is 6.39. The van der Waals surface area contributed by atoms with Gasteiger partial charge in [-0.1, -0.05) is 41.9 Å². The molecule has 5 rings (SSSR count). The Morgan fingerprint density at radius 1 is 1.00 bits per heavy atom. The Balaban J connectivity index is 1.84. The summed E-state index contributed by atoms with van der Waals surface area (Å²) in [5.41, 5.74) is 2.72. The van der Waals surface area contributed by atoms with E-state index in [9.17, 15) is 0 Å². The lowest BCUT2D eigenvalue weighted by Crippen LogP contribution is -2.50. The Hall–Kier alpha value is -1.88. The highest BCUT2D eigenvalue weighted by Gasteiger charge is 2.51. The number of nitrogens with zero attached hydrogens (tertiary/aromatic N) is 3. The van der Waals surface area contributed by atoms with E-state index in [1.807, 2.05) is 18.2 Å². The lowest BCUT2D eigenvalue weighted by Gasteiger charge is -2.41. The number of ether oxygens (including phenoxy) is 1. The first-order chi connectivity index (χ1) is 11.3. The number of benzene rings is 2. The van der Waals surface area contributed by atoms with Gasteiger partial charge in [-0.05, 0) is 18.2 Å². The highest BCUT2D eigenvalue weighted by molar-refractivity contribution is 6.30. The molecule has 1 aromatic heterocycles. The van der Waals surface area contributed by atoms with Crippen molar-refractivity contribution in [1.29, 1.82) is 0 Å². The Bertz CT molecular complexity index is 889. The standard InChI is InChI=1S/C18H16ClN3O/c19-14-7-5-13(6-8-14)18-17-15-3-1-2-4-16(15)20-22(17)10-9-21(18)11-12-23-18/h1-8H,9-12H2. The molecule has 2 aliphatic heterocycles. The number of halogens is 1. The van der Waals surface area contributed by atoms with Crippen molar-refractivity contribution in [2.75, 3.05) is 19.7 Å². The van der Waals surface area contributed by atoms with Crippen molar-refractivity contribution < 1.29 is 4.74 Å². The van der Waals surface area contributed by atoms with Gasteiger partial charge in [0.2, 0.25) is 0 Å². The van der Waals surface area contributed by atoms with Gasteiger partial charge in [0.1, 0.15) is 0 Å². The van der Waals surface area contributed by atoms with Crippen LogP contribution in [0.4, 0.5) is 0 Å². The highest BCUT2D eigenvalue weighted by atomic mass is 35.5. The summed E-state index contributed by atoms with van der Waals surface area (Å²) in [5.74, 6) is 0. The minimum Gasteiger partial charge on any atom is -0.349 e. The lowest BCUT2D eigenvalue weighted by atomic mass is 9.93. The molecule has 0 saturated carbocycles. The van der Waals surface area contributed by atoms with Crippen LogP contribution in [0.3, 0.4) is 0 Å². The van der Waals surface area contributed by atoms with Gasteiger partial charge in [-0.3, -0.25) is 9.58 Å². The van der Waals surface area contributed by atoms with Crippen LogP contribution in [0, 0.1) is 0 Å². The molecule has 23 heavy (non-hydrogen) atoms. The van der Waals surface area contributed by atoms with Crippen LogP contribution in [0.15, 0.2) is 48.5 Å². The molecule has 3 heterocycles. The second-order valence-electron chi connectivity index (χ2n) is 6.08. The Kier molecular flexibility index (Phi) is 2.83. The van der Waals surface area contributed by atoms with Crippen LogP contribution >= 0.6 is 11.6 Å². The molecule has 1 fully saturated rings. The second kappa shape index (κ2) is 4.81. The molecule has 3 aromatic rings. The maximum Gasteiger partial charge on any atom is 0.191 e. The summed E-state index contributed by atoms with van der Waals surface area (Å²) < 4.78 is 8.50. The minimum atomic E-state index is -0.557. The second-order valence-corrected chi connectivity index (χ2v) is 6.51. The third kappa shape index (κ3) is 1.77. The molecule has 2 aromatic carbocycles. The molecule has 0 N–H and O–H groups in total. The summed E-state index contributed by atoms with van der Waals surface area (Å²) in [6, 6.07) is 16.3. The van der Waals surface area contributed by atoms with Gasteiger partial charge in [0.15, 0.2) is 5.72 Å². The largest absolute Gasteiger partial charge is 0.349 e. The zero-order valence-electron chi connectivity index (χ0n) is 12.6. The molecule has 5 heteroatoms. The predicted molar refractivity (Wildman–Crippen MR) is 89.5 cm³/mol. The predicted octanol–water partition coefficient (Wildman–Crippen LogP) is 3.24. The van der Waals surface area contributed by atoms with Crippen molar-refractivity contribution in [3.8, 4) is 0 Å². The maximum absolute atomic E-state index is 6.39. The summed E-state index contributed by atoms with van der Waals surface area (Å²) in [4.78, 5) is 2.42. The molecule has 1 atom stereocenters. The van der Waals surface area contributed by atoms with Gasteiger partial charge in [0, 0.05) is 29.1 Å². The average Bonchev–Trinajstić information content (AvgIpc) is 3.16. The first-order valence-corrected chi connectivity index (χ1v) is 8.28. The zero-order chi connectivity index (χ0) is 15.4. The van der Waals surface area contributed by atoms with E-state index in [4.69, 9.17) is 21.4 Å². The molecule has 0 amide bonds. The van der Waals surface area contributed by atoms with Crippen LogP contribution < -0.4 is 0 Å². The van der Waals surface area contributed by atoms with E-state index in [1.54, 1.807) is 0 Å². The van der Waals surface area contributed by atoms with Gasteiger partial charge in [-0.25, -0.2) is 0 Å². The van der Waals surface area contributed by atoms with Gasteiger partial charge in [0.25, 0.3) is 0 Å². The van der Waals surface area contributed by atoms with Crippen molar-refractivity contribution in [3.05, 3.63) is 64.8 Å². The normalized spacial score (nSPS) is 23.9. The fourth-order valence-corrected chi connectivity index (χ4v) is 4.06. The first-order valence-electron chi connectivity index (χ1n) is 7.90. The van der Waals surface area contributed by atoms with Crippen LogP contribution in [0.25, 0.3) is 10.9 Å². The number of aromatic nitrogens is 2. The summed E-state index contributed by atoms with van der Waals surface area (Å²) in [6.07, 6.45) is 0. The lowest BCUT2D eigenvalue weighted by molar-refractivity contribution is -0.0714. The number of rotatable bonds is 1. The van der Waals surface area contributed by atoms with Gasteiger partial charge in [-0.2, -0.15) is 5.10 Å². The number of hydrogen-bond acceptors (Lipinski definition) is 3. The Labute approximate surface area is 139 Å². The summed E-state index contributed by atoms with van der Waals surface area (Å²) in [7, 11) is 0. The van der Waals surface area contributed by atoms with E-state index < -0.39 is 5.72 Å². The Morgan fingerprint density at radius 3 is 2.70 bits per heavy atom. The van der Waals surface area contributed by atoms with Crippen molar-refractivity contribution >= 4 is 22.5 Å². The van der Waals surface area contributed by atoms with Gasteiger partial charge in [-0.15, -0.1) is 0 Å². The smallest absolute Gasteiger partial charge is 0.191 e.